The van der Waals surface area contributed by atoms with Crippen LogP contribution in [0.15, 0.2) is 73.3 Å². The van der Waals surface area contributed by atoms with Crippen LogP contribution in [0.3, 0.4) is 0 Å². The van der Waals surface area contributed by atoms with E-state index in [1.807, 2.05) is 36.4 Å². The normalized spacial score (nSPS) is 13.3. The molecule has 1 aliphatic rings. The fourth-order valence-corrected chi connectivity index (χ4v) is 3.37. The van der Waals surface area contributed by atoms with Gasteiger partial charge in [-0.15, -0.1) is 0 Å². The minimum atomic E-state index is -0.577. The number of hydrogen-bond donors (Lipinski definition) is 4. The Morgan fingerprint density at radius 3 is 1.95 bits per heavy atom. The number of ether oxygens (including phenoxy) is 2. The molecule has 11 heteroatoms. The van der Waals surface area contributed by atoms with Crippen molar-refractivity contribution >= 4 is 67.2 Å². The van der Waals surface area contributed by atoms with Gasteiger partial charge >= 0.3 is 49.9 Å². The van der Waals surface area contributed by atoms with Crippen molar-refractivity contribution < 1.29 is 29.0 Å². The van der Waals surface area contributed by atoms with Gasteiger partial charge in [0.05, 0.1) is 0 Å². The molecular weight excluding hydrogens is 504 g/mol. The number of amides is 3. The first-order chi connectivity index (χ1) is 17.5. The molecule has 1 saturated heterocycles. The summed E-state index contributed by atoms with van der Waals surface area (Å²) in [6, 6.07) is 18.2. The monoisotopic (exact) mass is 540 g/mol. The summed E-state index contributed by atoms with van der Waals surface area (Å²) >= 11 is 0. The number of nitrogens with one attached hydrogen (secondary N) is 3. The Morgan fingerprint density at radius 2 is 1.46 bits per heavy atom. The summed E-state index contributed by atoms with van der Waals surface area (Å²) in [5, 5.41) is 15.4. The van der Waals surface area contributed by atoms with Crippen molar-refractivity contribution in [2.45, 2.75) is 25.4 Å². The molecule has 4 N–H and O–H groups in total. The van der Waals surface area contributed by atoms with Crippen LogP contribution in [0.5, 0.6) is 0 Å². The van der Waals surface area contributed by atoms with Gasteiger partial charge in [-0.05, 0) is 56.3 Å². The Kier molecular flexibility index (Phi) is 17.1. The summed E-state index contributed by atoms with van der Waals surface area (Å²) in [7, 11) is 0. The Labute approximate surface area is 247 Å². The fourth-order valence-electron chi connectivity index (χ4n) is 3.37. The average Bonchev–Trinajstić information content (AvgIpc) is 2.89. The average molecular weight is 541 g/mol. The topological polar surface area (TPSA) is 129 Å². The van der Waals surface area contributed by atoms with Crippen molar-refractivity contribution in [1.82, 2.24) is 10.2 Å². The van der Waals surface area contributed by atoms with E-state index >= 15 is 0 Å². The van der Waals surface area contributed by atoms with E-state index in [4.69, 9.17) is 14.6 Å². The molecule has 1 fully saturated rings. The SMILES string of the molecule is C=CC(=O)NCO.O=C(Nc1ccccc1)OCC(CN1CCCCC1)OC(=O)Nc1ccccc1.[CaH2]. The summed E-state index contributed by atoms with van der Waals surface area (Å²) in [5.41, 5.74) is 1.30. The van der Waals surface area contributed by atoms with Crippen LogP contribution >= 0.6 is 0 Å². The fraction of sp³-hybridized carbons (Fsp3) is 0.346. The van der Waals surface area contributed by atoms with Crippen LogP contribution in [0, 0.1) is 0 Å². The molecule has 0 saturated carbocycles. The van der Waals surface area contributed by atoms with Gasteiger partial charge in [0.1, 0.15) is 13.3 Å². The van der Waals surface area contributed by atoms with Gasteiger partial charge in [0.15, 0.2) is 6.10 Å². The van der Waals surface area contributed by atoms with E-state index in [1.165, 1.54) is 6.42 Å². The third-order valence-corrected chi connectivity index (χ3v) is 5.06. The number of hydrogen-bond acceptors (Lipinski definition) is 7. The van der Waals surface area contributed by atoms with Gasteiger partial charge in [-0.3, -0.25) is 20.3 Å². The number of aliphatic hydroxyl groups is 1. The van der Waals surface area contributed by atoms with Crippen LogP contribution in [0.4, 0.5) is 21.0 Å². The van der Waals surface area contributed by atoms with Crippen molar-refractivity contribution in [3.8, 4) is 0 Å². The van der Waals surface area contributed by atoms with E-state index in [1.54, 1.807) is 24.3 Å². The molecule has 0 radical (unpaired) electrons. The van der Waals surface area contributed by atoms with E-state index in [2.05, 4.69) is 27.4 Å². The maximum atomic E-state index is 12.3. The number of carbonyl (C=O) groups excluding carboxylic acids is 3. The zero-order valence-electron chi connectivity index (χ0n) is 20.2. The second-order valence-electron chi connectivity index (χ2n) is 7.87. The molecule has 1 unspecified atom stereocenters. The van der Waals surface area contributed by atoms with Crippen LogP contribution in [0.25, 0.3) is 0 Å². The van der Waals surface area contributed by atoms with E-state index in [0.29, 0.717) is 17.9 Å². The molecular formula is C26H36CaN4O6. The maximum absolute atomic E-state index is 12.3. The summed E-state index contributed by atoms with van der Waals surface area (Å²) in [6.45, 7) is 5.25. The molecule has 0 bridgehead atoms. The van der Waals surface area contributed by atoms with E-state index in [9.17, 15) is 14.4 Å². The predicted octanol–water partition coefficient (Wildman–Crippen LogP) is 2.66. The minimum absolute atomic E-state index is 0. The quantitative estimate of drug-likeness (QED) is 0.219. The molecule has 0 aliphatic carbocycles. The first-order valence-corrected chi connectivity index (χ1v) is 11.7. The van der Waals surface area contributed by atoms with Crippen molar-refractivity contribution in [2.75, 3.05) is 43.6 Å². The van der Waals surface area contributed by atoms with Crippen LogP contribution in [-0.2, 0) is 14.3 Å². The van der Waals surface area contributed by atoms with Gasteiger partial charge in [0.25, 0.3) is 0 Å². The molecule has 0 aromatic heterocycles. The number of para-hydroxylation sites is 2. The molecule has 10 nitrogen and oxygen atoms in total. The molecule has 1 heterocycles. The summed E-state index contributed by atoms with van der Waals surface area (Å²) < 4.78 is 10.9. The number of nitrogens with zero attached hydrogens (tertiary/aromatic N) is 1. The van der Waals surface area contributed by atoms with Gasteiger partial charge in [-0.1, -0.05) is 49.4 Å². The Balaban J connectivity index is 0.000000754. The van der Waals surface area contributed by atoms with Gasteiger partial charge < -0.3 is 19.9 Å². The van der Waals surface area contributed by atoms with Crippen LogP contribution < -0.4 is 16.0 Å². The molecule has 37 heavy (non-hydrogen) atoms. The summed E-state index contributed by atoms with van der Waals surface area (Å²) in [5.74, 6) is -0.359. The van der Waals surface area contributed by atoms with Crippen molar-refractivity contribution in [2.24, 2.45) is 0 Å². The first-order valence-electron chi connectivity index (χ1n) is 11.7. The first kappa shape index (κ1) is 32.4. The number of benzene rings is 2. The third kappa shape index (κ3) is 14.6. The van der Waals surface area contributed by atoms with Crippen molar-refractivity contribution in [3.05, 3.63) is 73.3 Å². The Morgan fingerprint density at radius 1 is 0.919 bits per heavy atom. The molecule has 0 spiro atoms. The number of anilines is 2. The Bertz CT molecular complexity index is 943. The molecule has 2 aromatic carbocycles. The van der Waals surface area contributed by atoms with E-state index < -0.39 is 18.3 Å². The zero-order chi connectivity index (χ0) is 26.0. The predicted molar refractivity (Wildman–Crippen MR) is 146 cm³/mol. The third-order valence-electron chi connectivity index (χ3n) is 5.06. The number of carbonyl (C=O) groups is 3. The van der Waals surface area contributed by atoms with E-state index in [0.717, 1.165) is 32.0 Å². The molecule has 3 amide bonds. The second-order valence-corrected chi connectivity index (χ2v) is 7.87. The number of likely N-dealkylation sites (tertiary alicyclic amines) is 1. The van der Waals surface area contributed by atoms with Crippen LogP contribution in [-0.4, -0.2) is 105 Å². The summed E-state index contributed by atoms with van der Waals surface area (Å²) in [4.78, 5) is 36.6. The van der Waals surface area contributed by atoms with Gasteiger partial charge in [0, 0.05) is 17.9 Å². The standard InChI is InChI=1S/C22H27N3O4.C4H7NO2.Ca.2H/c26-21(23-18-10-4-1-5-11-18)28-17-20(16-25-14-8-3-9-15-25)29-22(27)24-19-12-6-2-7-13-19;1-2-4(7)5-3-6;;;/h1-2,4-7,10-13,20H,3,8-9,14-17H2,(H,23,26)(H,24,27);2,6H,1,3H2,(H,5,7);;;. The molecule has 198 valence electrons. The van der Waals surface area contributed by atoms with Crippen LogP contribution in [0.2, 0.25) is 0 Å². The second kappa shape index (κ2) is 19.5. The Hall–Kier alpha value is -2.63. The molecule has 1 atom stereocenters. The number of aliphatic hydroxyl groups excluding tert-OH is 1. The van der Waals surface area contributed by atoms with Gasteiger partial charge in [0.2, 0.25) is 5.91 Å². The van der Waals surface area contributed by atoms with Gasteiger partial charge in [-0.25, -0.2) is 9.59 Å². The van der Waals surface area contributed by atoms with Gasteiger partial charge in [-0.2, -0.15) is 0 Å². The molecule has 3 rings (SSSR count). The van der Waals surface area contributed by atoms with Crippen LogP contribution in [0.1, 0.15) is 19.3 Å². The molecule has 1 aliphatic heterocycles. The summed E-state index contributed by atoms with van der Waals surface area (Å²) in [6.07, 6.45) is 2.86. The number of piperidine rings is 1. The number of rotatable bonds is 9. The molecule has 2 aromatic rings. The zero-order valence-corrected chi connectivity index (χ0v) is 20.2. The van der Waals surface area contributed by atoms with E-state index in [-0.39, 0.29) is 57.0 Å². The van der Waals surface area contributed by atoms with Crippen molar-refractivity contribution in [1.29, 1.82) is 0 Å². The van der Waals surface area contributed by atoms with Crippen molar-refractivity contribution in [3.63, 3.8) is 0 Å².